The molecule has 4 aromatic heterocycles. The Morgan fingerprint density at radius 2 is 2.15 bits per heavy atom. The first-order valence-electron chi connectivity index (χ1n) is 10.8. The predicted octanol–water partition coefficient (Wildman–Crippen LogP) is 3.95. The van der Waals surface area contributed by atoms with E-state index in [1.54, 1.807) is 18.6 Å². The second-order valence-corrected chi connectivity index (χ2v) is 10.5. The number of rotatable bonds is 6. The summed E-state index contributed by atoms with van der Waals surface area (Å²) in [5, 5.41) is 4.56. The summed E-state index contributed by atoms with van der Waals surface area (Å²) in [4.78, 5) is 27.2. The van der Waals surface area contributed by atoms with Crippen molar-refractivity contribution in [1.29, 1.82) is 0 Å². The third kappa shape index (κ3) is 4.41. The molecule has 11 heteroatoms. The van der Waals surface area contributed by atoms with Gasteiger partial charge in [0.1, 0.15) is 17.0 Å². The lowest BCUT2D eigenvalue weighted by atomic mass is 10.2. The molecule has 1 fully saturated rings. The fourth-order valence-corrected chi connectivity index (χ4v) is 5.65. The van der Waals surface area contributed by atoms with Gasteiger partial charge in [-0.2, -0.15) is 0 Å². The number of hydrogen-bond donors (Lipinski definition) is 3. The van der Waals surface area contributed by atoms with Gasteiger partial charge in [0.05, 0.1) is 20.4 Å². The van der Waals surface area contributed by atoms with Crippen molar-refractivity contribution in [2.75, 3.05) is 5.01 Å². The molecule has 174 valence electrons. The maximum absolute atomic E-state index is 12.7. The number of anilines is 1. The van der Waals surface area contributed by atoms with Crippen LogP contribution < -0.4 is 21.9 Å². The van der Waals surface area contributed by atoms with E-state index in [4.69, 9.17) is 16.6 Å². The molecule has 0 aliphatic heterocycles. The van der Waals surface area contributed by atoms with Crippen LogP contribution in [0.25, 0.3) is 22.6 Å². The van der Waals surface area contributed by atoms with E-state index in [2.05, 4.69) is 35.8 Å². The Labute approximate surface area is 208 Å². The third-order valence-electron chi connectivity index (χ3n) is 5.87. The van der Waals surface area contributed by atoms with Gasteiger partial charge in [0.25, 0.3) is 5.91 Å². The molecule has 0 radical (unpaired) electrons. The number of carbonyl (C=O) groups excluding carboxylic acids is 1. The van der Waals surface area contributed by atoms with Gasteiger partial charge in [-0.1, -0.05) is 6.07 Å². The van der Waals surface area contributed by atoms with Crippen LogP contribution >= 0.6 is 27.3 Å². The van der Waals surface area contributed by atoms with E-state index in [0.717, 1.165) is 45.6 Å². The van der Waals surface area contributed by atoms with Crippen molar-refractivity contribution in [3.8, 4) is 11.5 Å². The van der Waals surface area contributed by atoms with Crippen molar-refractivity contribution in [3.63, 3.8) is 0 Å². The summed E-state index contributed by atoms with van der Waals surface area (Å²) in [7, 11) is 0. The van der Waals surface area contributed by atoms with Gasteiger partial charge in [-0.3, -0.25) is 14.8 Å². The number of carbonyl (C=O) groups is 1. The first-order valence-corrected chi connectivity index (χ1v) is 12.4. The van der Waals surface area contributed by atoms with Crippen LogP contribution in [0.3, 0.4) is 0 Å². The largest absolute Gasteiger partial charge is 0.403 e. The van der Waals surface area contributed by atoms with Crippen molar-refractivity contribution in [2.45, 2.75) is 31.3 Å². The molecule has 0 aromatic carbocycles. The zero-order valence-corrected chi connectivity index (χ0v) is 20.5. The van der Waals surface area contributed by atoms with E-state index in [1.807, 2.05) is 36.4 Å². The number of imidazole rings is 1. The Hall–Kier alpha value is -3.28. The van der Waals surface area contributed by atoms with Crippen LogP contribution in [0.5, 0.6) is 0 Å². The predicted molar refractivity (Wildman–Crippen MR) is 137 cm³/mol. The smallest absolute Gasteiger partial charge is 0.261 e. The van der Waals surface area contributed by atoms with Crippen molar-refractivity contribution < 1.29 is 4.79 Å². The number of hydrazine groups is 1. The number of amides is 1. The molecule has 1 aliphatic carbocycles. The number of nitrogens with zero attached hydrogens (tertiary/aromatic N) is 5. The Balaban J connectivity index is 1.49. The van der Waals surface area contributed by atoms with Gasteiger partial charge in [0.15, 0.2) is 5.82 Å². The Morgan fingerprint density at radius 1 is 1.26 bits per heavy atom. The quantitative estimate of drug-likeness (QED) is 0.250. The summed E-state index contributed by atoms with van der Waals surface area (Å²) < 4.78 is 3.14. The zero-order chi connectivity index (χ0) is 23.7. The summed E-state index contributed by atoms with van der Waals surface area (Å²) >= 11 is 4.85. The molecule has 9 nitrogen and oxygen atoms in total. The van der Waals surface area contributed by atoms with E-state index in [0.29, 0.717) is 10.7 Å². The van der Waals surface area contributed by atoms with Crippen molar-refractivity contribution in [1.82, 2.24) is 24.8 Å². The molecule has 0 bridgehead atoms. The molecule has 4 aromatic rings. The first-order chi connectivity index (χ1) is 16.5. The highest BCUT2D eigenvalue weighted by atomic mass is 79.9. The van der Waals surface area contributed by atoms with Gasteiger partial charge in [-0.25, -0.2) is 15.8 Å². The van der Waals surface area contributed by atoms with Crippen LogP contribution in [0.4, 0.5) is 5.82 Å². The normalized spacial score (nSPS) is 18.1. The van der Waals surface area contributed by atoms with Gasteiger partial charge in [0, 0.05) is 36.7 Å². The van der Waals surface area contributed by atoms with Crippen LogP contribution in [0.1, 0.15) is 35.0 Å². The number of halogens is 1. The molecule has 1 saturated carbocycles. The molecule has 0 saturated heterocycles. The number of aromatic nitrogens is 4. The van der Waals surface area contributed by atoms with E-state index in [1.165, 1.54) is 22.5 Å². The van der Waals surface area contributed by atoms with Gasteiger partial charge >= 0.3 is 0 Å². The van der Waals surface area contributed by atoms with Crippen LogP contribution in [0.2, 0.25) is 0 Å². The van der Waals surface area contributed by atoms with Crippen LogP contribution in [0, 0.1) is 0 Å². The summed E-state index contributed by atoms with van der Waals surface area (Å²) in [5.74, 6) is 7.34. The van der Waals surface area contributed by atoms with Gasteiger partial charge in [-0.05, 0) is 59.5 Å². The van der Waals surface area contributed by atoms with E-state index in [9.17, 15) is 4.79 Å². The van der Waals surface area contributed by atoms with Crippen LogP contribution in [-0.4, -0.2) is 31.5 Å². The molecule has 5 rings (SSSR count). The minimum atomic E-state index is -0.0411. The lowest BCUT2D eigenvalue weighted by Gasteiger charge is -2.18. The third-order valence-corrected chi connectivity index (χ3v) is 7.49. The number of thiophene rings is 1. The van der Waals surface area contributed by atoms with E-state index >= 15 is 0 Å². The minimum absolute atomic E-state index is 0.0411. The molecule has 5 N–H and O–H groups in total. The van der Waals surface area contributed by atoms with Gasteiger partial charge in [0.2, 0.25) is 0 Å². The molecular weight excluding hydrogens is 516 g/mol. The molecule has 1 aliphatic rings. The second kappa shape index (κ2) is 9.53. The molecule has 2 unspecified atom stereocenters. The first kappa shape index (κ1) is 22.5. The number of fused-ring (bicyclic) bond motifs is 1. The Bertz CT molecular complexity index is 1350. The number of nitrogens with two attached hydrogens (primary N) is 2. The Morgan fingerprint density at radius 3 is 2.88 bits per heavy atom. The summed E-state index contributed by atoms with van der Waals surface area (Å²) in [6.07, 6.45) is 8.93. The zero-order valence-electron chi connectivity index (χ0n) is 18.1. The topological polar surface area (TPSA) is 128 Å². The highest BCUT2D eigenvalue weighted by Crippen LogP contribution is 2.37. The molecule has 0 spiro atoms. The molecule has 1 amide bonds. The van der Waals surface area contributed by atoms with Gasteiger partial charge < -0.3 is 15.6 Å². The number of pyridine rings is 2. The molecule has 2 atom stereocenters. The van der Waals surface area contributed by atoms with E-state index in [-0.39, 0.29) is 18.0 Å². The van der Waals surface area contributed by atoms with Crippen LogP contribution in [0.15, 0.2) is 65.0 Å². The monoisotopic (exact) mass is 538 g/mol. The highest BCUT2D eigenvalue weighted by molar-refractivity contribution is 9.11. The van der Waals surface area contributed by atoms with Crippen molar-refractivity contribution >= 4 is 50.0 Å². The lowest BCUT2D eigenvalue weighted by Crippen LogP contribution is -2.32. The van der Waals surface area contributed by atoms with Crippen LogP contribution in [-0.2, 0) is 0 Å². The number of nitrogens with one attached hydrogen (secondary N) is 1. The minimum Gasteiger partial charge on any atom is -0.403 e. The molecule has 34 heavy (non-hydrogen) atoms. The average Bonchev–Trinajstić information content (AvgIpc) is 3.57. The lowest BCUT2D eigenvalue weighted by molar-refractivity contribution is 0.0941. The summed E-state index contributed by atoms with van der Waals surface area (Å²) in [5.41, 5.74) is 7.94. The average molecular weight is 539 g/mol. The fraction of sp³-hybridized carbons (Fsp3) is 0.217. The maximum Gasteiger partial charge on any atom is 0.261 e. The highest BCUT2D eigenvalue weighted by Gasteiger charge is 2.31. The number of hydrogen-bond acceptors (Lipinski definition) is 8. The molecule has 4 heterocycles. The SMILES string of the molecule is N/C=C\N(N)c1cc2c(cn1)nc(-c1ccccn1)n2C1CCC(NC(=O)c2ccc(Br)s2)C1. The van der Waals surface area contributed by atoms with Crippen molar-refractivity contribution in [3.05, 3.63) is 69.9 Å². The summed E-state index contributed by atoms with van der Waals surface area (Å²) in [6.45, 7) is 0. The maximum atomic E-state index is 12.7. The van der Waals surface area contributed by atoms with Gasteiger partial charge in [-0.15, -0.1) is 11.3 Å². The standard InChI is InChI=1S/C23H23BrN8OS/c24-20-7-6-19(34-20)23(33)29-14-4-5-15(11-14)32-18-12-21(31(26)10-8-25)28-13-17(18)30-22(32)16-3-1-2-9-27-16/h1-3,6-10,12-15H,4-5,11,25-26H2,(H,29,33)/b10-8-. The fourth-order valence-electron chi connectivity index (χ4n) is 4.36. The summed E-state index contributed by atoms with van der Waals surface area (Å²) in [6, 6.07) is 11.6. The Kier molecular flexibility index (Phi) is 6.31. The van der Waals surface area contributed by atoms with Crippen molar-refractivity contribution in [2.24, 2.45) is 11.6 Å². The van der Waals surface area contributed by atoms with E-state index < -0.39 is 0 Å². The molecular formula is C23H23BrN8OS. The second-order valence-electron chi connectivity index (χ2n) is 8.04.